The summed E-state index contributed by atoms with van der Waals surface area (Å²) in [7, 11) is 0. The number of anilines is 1. The molecule has 0 aliphatic carbocycles. The molecule has 1 heterocycles. The second-order valence-electron chi connectivity index (χ2n) is 6.54. The number of nitriles is 1. The van der Waals surface area contributed by atoms with Crippen molar-refractivity contribution < 1.29 is 14.0 Å². The van der Waals surface area contributed by atoms with E-state index in [9.17, 15) is 9.59 Å². The third kappa shape index (κ3) is 5.11. The van der Waals surface area contributed by atoms with Crippen molar-refractivity contribution in [2.24, 2.45) is 0 Å². The molecule has 6 heteroatoms. The Morgan fingerprint density at radius 1 is 1.07 bits per heavy atom. The van der Waals surface area contributed by atoms with E-state index in [1.54, 1.807) is 53.4 Å². The van der Waals surface area contributed by atoms with E-state index in [-0.39, 0.29) is 17.6 Å². The van der Waals surface area contributed by atoms with Crippen molar-refractivity contribution in [2.75, 3.05) is 11.9 Å². The lowest BCUT2D eigenvalue weighted by Crippen LogP contribution is -2.31. The van der Waals surface area contributed by atoms with Crippen molar-refractivity contribution in [3.05, 3.63) is 89.4 Å². The molecule has 0 saturated carbocycles. The first-order valence-corrected chi connectivity index (χ1v) is 9.34. The summed E-state index contributed by atoms with van der Waals surface area (Å²) in [5, 5.41) is 11.6. The number of nitrogens with one attached hydrogen (secondary N) is 1. The zero-order valence-electron chi connectivity index (χ0n) is 16.1. The average Bonchev–Trinajstić information content (AvgIpc) is 3.29. The first kappa shape index (κ1) is 19.9. The van der Waals surface area contributed by atoms with Crippen LogP contribution in [0, 0.1) is 11.3 Å². The molecule has 0 fully saturated rings. The van der Waals surface area contributed by atoms with Gasteiger partial charge in [-0.3, -0.25) is 9.59 Å². The van der Waals surface area contributed by atoms with Crippen LogP contribution in [-0.2, 0) is 6.54 Å². The normalized spacial score (nSPS) is 10.2. The standard InChI is InChI=1S/C23H21N3O3/c1-2-13-26(16-18-7-5-17(15-24)6-8-18)23(28)19-9-11-20(12-10-19)25-22(27)21-4-3-14-29-21/h3-12,14H,2,13,16H2,1H3,(H,25,27). The molecular weight excluding hydrogens is 366 g/mol. The van der Waals surface area contributed by atoms with E-state index in [0.29, 0.717) is 29.9 Å². The second-order valence-corrected chi connectivity index (χ2v) is 6.54. The van der Waals surface area contributed by atoms with Crippen LogP contribution in [-0.4, -0.2) is 23.3 Å². The van der Waals surface area contributed by atoms with Crippen LogP contribution >= 0.6 is 0 Å². The smallest absolute Gasteiger partial charge is 0.291 e. The van der Waals surface area contributed by atoms with Gasteiger partial charge in [-0.15, -0.1) is 0 Å². The van der Waals surface area contributed by atoms with Gasteiger partial charge in [0.25, 0.3) is 11.8 Å². The van der Waals surface area contributed by atoms with E-state index in [2.05, 4.69) is 11.4 Å². The van der Waals surface area contributed by atoms with Crippen molar-refractivity contribution in [1.29, 1.82) is 5.26 Å². The number of carbonyl (C=O) groups is 2. The molecule has 3 rings (SSSR count). The number of furan rings is 1. The van der Waals surface area contributed by atoms with E-state index in [1.165, 1.54) is 6.26 Å². The molecule has 0 unspecified atom stereocenters. The van der Waals surface area contributed by atoms with Gasteiger partial charge in [-0.05, 0) is 60.5 Å². The predicted octanol–water partition coefficient (Wildman–Crippen LogP) is 4.46. The summed E-state index contributed by atoms with van der Waals surface area (Å²) >= 11 is 0. The van der Waals surface area contributed by atoms with Gasteiger partial charge in [0.05, 0.1) is 17.9 Å². The summed E-state index contributed by atoms with van der Waals surface area (Å²) in [6, 6.07) is 19.3. The minimum atomic E-state index is -0.345. The Hall–Kier alpha value is -3.85. The van der Waals surface area contributed by atoms with E-state index in [1.807, 2.05) is 19.1 Å². The highest BCUT2D eigenvalue weighted by Gasteiger charge is 2.16. The molecule has 0 aliphatic rings. The Morgan fingerprint density at radius 2 is 1.79 bits per heavy atom. The van der Waals surface area contributed by atoms with Crippen LogP contribution in [0.4, 0.5) is 5.69 Å². The third-order valence-corrected chi connectivity index (χ3v) is 4.37. The Balaban J connectivity index is 1.68. The molecule has 3 aromatic rings. The SMILES string of the molecule is CCCN(Cc1ccc(C#N)cc1)C(=O)c1ccc(NC(=O)c2ccco2)cc1. The first-order valence-electron chi connectivity index (χ1n) is 9.34. The number of nitrogens with zero attached hydrogens (tertiary/aromatic N) is 2. The van der Waals surface area contributed by atoms with E-state index in [0.717, 1.165) is 12.0 Å². The van der Waals surface area contributed by atoms with Crippen LogP contribution < -0.4 is 5.32 Å². The largest absolute Gasteiger partial charge is 0.459 e. The van der Waals surface area contributed by atoms with Crippen molar-refractivity contribution in [1.82, 2.24) is 4.90 Å². The molecule has 0 aliphatic heterocycles. The summed E-state index contributed by atoms with van der Waals surface area (Å²) in [6.45, 7) is 3.11. The lowest BCUT2D eigenvalue weighted by Gasteiger charge is -2.22. The lowest BCUT2D eigenvalue weighted by atomic mass is 10.1. The average molecular weight is 387 g/mol. The molecule has 0 spiro atoms. The number of benzene rings is 2. The Morgan fingerprint density at radius 3 is 2.38 bits per heavy atom. The van der Waals surface area contributed by atoms with Crippen molar-refractivity contribution in [3.63, 3.8) is 0 Å². The summed E-state index contributed by atoms with van der Waals surface area (Å²) in [6.07, 6.45) is 2.27. The minimum Gasteiger partial charge on any atom is -0.459 e. The molecular formula is C23H21N3O3. The van der Waals surface area contributed by atoms with E-state index in [4.69, 9.17) is 9.68 Å². The molecule has 2 amide bonds. The maximum Gasteiger partial charge on any atom is 0.291 e. The van der Waals surface area contributed by atoms with Crippen LogP contribution in [0.3, 0.4) is 0 Å². The van der Waals surface area contributed by atoms with Gasteiger partial charge >= 0.3 is 0 Å². The number of hydrogen-bond donors (Lipinski definition) is 1. The molecule has 2 aromatic carbocycles. The van der Waals surface area contributed by atoms with Gasteiger partial charge in [-0.2, -0.15) is 5.26 Å². The molecule has 1 N–H and O–H groups in total. The van der Waals surface area contributed by atoms with Crippen LogP contribution in [0.25, 0.3) is 0 Å². The molecule has 0 saturated heterocycles. The summed E-state index contributed by atoms with van der Waals surface area (Å²) in [5.74, 6) is -0.204. The van der Waals surface area contributed by atoms with Gasteiger partial charge in [0.2, 0.25) is 0 Å². The Bertz CT molecular complexity index is 1000. The molecule has 1 aromatic heterocycles. The molecule has 146 valence electrons. The maximum absolute atomic E-state index is 13.0. The van der Waals surface area contributed by atoms with Gasteiger partial charge in [-0.25, -0.2) is 0 Å². The van der Waals surface area contributed by atoms with Crippen LogP contribution in [0.2, 0.25) is 0 Å². The van der Waals surface area contributed by atoms with Crippen LogP contribution in [0.15, 0.2) is 71.3 Å². The summed E-state index contributed by atoms with van der Waals surface area (Å²) in [5.41, 5.74) is 2.68. The van der Waals surface area contributed by atoms with Gasteiger partial charge < -0.3 is 14.6 Å². The first-order chi connectivity index (χ1) is 14.1. The Labute approximate surface area is 169 Å². The van der Waals surface area contributed by atoms with Gasteiger partial charge in [-0.1, -0.05) is 19.1 Å². The zero-order chi connectivity index (χ0) is 20.6. The van der Waals surface area contributed by atoms with Crippen LogP contribution in [0.1, 0.15) is 45.4 Å². The van der Waals surface area contributed by atoms with Gasteiger partial charge in [0.1, 0.15) is 0 Å². The monoisotopic (exact) mass is 387 g/mol. The minimum absolute atomic E-state index is 0.0832. The van der Waals surface area contributed by atoms with Crippen molar-refractivity contribution >= 4 is 17.5 Å². The molecule has 0 radical (unpaired) electrons. The number of carbonyl (C=O) groups excluding carboxylic acids is 2. The molecule has 0 atom stereocenters. The third-order valence-electron chi connectivity index (χ3n) is 4.37. The Kier molecular flexibility index (Phi) is 6.43. The fourth-order valence-corrected chi connectivity index (χ4v) is 2.91. The van der Waals surface area contributed by atoms with Gasteiger partial charge in [0.15, 0.2) is 5.76 Å². The molecule has 29 heavy (non-hydrogen) atoms. The van der Waals surface area contributed by atoms with E-state index < -0.39 is 0 Å². The van der Waals surface area contributed by atoms with Crippen molar-refractivity contribution in [3.8, 4) is 6.07 Å². The van der Waals surface area contributed by atoms with E-state index >= 15 is 0 Å². The topological polar surface area (TPSA) is 86.3 Å². The highest BCUT2D eigenvalue weighted by atomic mass is 16.3. The predicted molar refractivity (Wildman–Crippen MR) is 109 cm³/mol. The van der Waals surface area contributed by atoms with Crippen molar-refractivity contribution in [2.45, 2.75) is 19.9 Å². The lowest BCUT2D eigenvalue weighted by molar-refractivity contribution is 0.0743. The number of amides is 2. The second kappa shape index (κ2) is 9.38. The molecule has 0 bridgehead atoms. The highest BCUT2D eigenvalue weighted by molar-refractivity contribution is 6.02. The number of hydrogen-bond acceptors (Lipinski definition) is 4. The fraction of sp³-hybridized carbons (Fsp3) is 0.174. The molecule has 6 nitrogen and oxygen atoms in total. The number of rotatable bonds is 7. The maximum atomic E-state index is 13.0. The quantitative estimate of drug-likeness (QED) is 0.649. The van der Waals surface area contributed by atoms with Gasteiger partial charge in [0, 0.05) is 24.3 Å². The zero-order valence-corrected chi connectivity index (χ0v) is 16.1. The highest BCUT2D eigenvalue weighted by Crippen LogP contribution is 2.16. The summed E-state index contributed by atoms with van der Waals surface area (Å²) in [4.78, 5) is 26.8. The fourth-order valence-electron chi connectivity index (χ4n) is 2.91. The van der Waals surface area contributed by atoms with Crippen LogP contribution in [0.5, 0.6) is 0 Å². The summed E-state index contributed by atoms with van der Waals surface area (Å²) < 4.78 is 5.07.